The second kappa shape index (κ2) is 3.00. The standard InChI is InChI=1S/C11H8N2O/c1-7-2-3-13-11-9(7)4-8(6-12)5-10(11)14/h2-5,14H,1H3. The van der Waals surface area contributed by atoms with Crippen molar-refractivity contribution < 1.29 is 5.11 Å². The molecule has 0 saturated heterocycles. The first-order chi connectivity index (χ1) is 6.72. The summed E-state index contributed by atoms with van der Waals surface area (Å²) in [7, 11) is 0. The largest absolute Gasteiger partial charge is 0.506 e. The molecule has 0 aliphatic rings. The Balaban J connectivity index is 2.92. The number of rotatable bonds is 0. The minimum Gasteiger partial charge on any atom is -0.506 e. The Morgan fingerprint density at radius 2 is 2.21 bits per heavy atom. The molecule has 0 aliphatic carbocycles. The smallest absolute Gasteiger partial charge is 0.143 e. The number of nitriles is 1. The van der Waals surface area contributed by atoms with Gasteiger partial charge in [-0.05, 0) is 30.7 Å². The number of hydrogen-bond acceptors (Lipinski definition) is 3. The third-order valence-electron chi connectivity index (χ3n) is 2.17. The number of phenolic OH excluding ortho intramolecular Hbond substituents is 1. The Morgan fingerprint density at radius 1 is 1.43 bits per heavy atom. The number of hydrogen-bond donors (Lipinski definition) is 1. The van der Waals surface area contributed by atoms with E-state index in [2.05, 4.69) is 4.98 Å². The Kier molecular flexibility index (Phi) is 1.83. The van der Waals surface area contributed by atoms with E-state index in [1.807, 2.05) is 19.1 Å². The molecule has 1 heterocycles. The quantitative estimate of drug-likeness (QED) is 0.682. The van der Waals surface area contributed by atoms with Crippen LogP contribution in [0.2, 0.25) is 0 Å². The fourth-order valence-corrected chi connectivity index (χ4v) is 1.43. The van der Waals surface area contributed by atoms with Gasteiger partial charge in [-0.2, -0.15) is 5.26 Å². The summed E-state index contributed by atoms with van der Waals surface area (Å²) in [6, 6.07) is 7.01. The fourth-order valence-electron chi connectivity index (χ4n) is 1.43. The monoisotopic (exact) mass is 184 g/mol. The van der Waals surface area contributed by atoms with E-state index in [1.54, 1.807) is 12.3 Å². The second-order valence-corrected chi connectivity index (χ2v) is 3.13. The molecular weight excluding hydrogens is 176 g/mol. The first kappa shape index (κ1) is 8.52. The van der Waals surface area contributed by atoms with Gasteiger partial charge >= 0.3 is 0 Å². The van der Waals surface area contributed by atoms with Gasteiger partial charge in [0, 0.05) is 11.6 Å². The molecule has 0 saturated carbocycles. The highest BCUT2D eigenvalue weighted by Gasteiger charge is 2.05. The molecule has 0 fully saturated rings. The highest BCUT2D eigenvalue weighted by Crippen LogP contribution is 2.26. The molecule has 2 aromatic rings. The van der Waals surface area contributed by atoms with Crippen LogP contribution in [-0.2, 0) is 0 Å². The van der Waals surface area contributed by atoms with Crippen LogP contribution in [0.4, 0.5) is 0 Å². The minimum absolute atomic E-state index is 0.0581. The molecule has 0 spiro atoms. The highest BCUT2D eigenvalue weighted by molar-refractivity contribution is 5.88. The molecular formula is C11H8N2O. The van der Waals surface area contributed by atoms with Gasteiger partial charge in [0.15, 0.2) is 0 Å². The molecule has 1 aromatic carbocycles. The molecule has 3 heteroatoms. The highest BCUT2D eigenvalue weighted by atomic mass is 16.3. The second-order valence-electron chi connectivity index (χ2n) is 3.13. The summed E-state index contributed by atoms with van der Waals surface area (Å²) in [5.41, 5.74) is 2.00. The van der Waals surface area contributed by atoms with Crippen LogP contribution < -0.4 is 0 Å². The van der Waals surface area contributed by atoms with Crippen molar-refractivity contribution in [3.63, 3.8) is 0 Å². The fraction of sp³-hybridized carbons (Fsp3) is 0.0909. The molecule has 0 amide bonds. The summed E-state index contributed by atoms with van der Waals surface area (Å²) >= 11 is 0. The van der Waals surface area contributed by atoms with Crippen molar-refractivity contribution in [3.8, 4) is 11.8 Å². The van der Waals surface area contributed by atoms with E-state index in [1.165, 1.54) is 6.07 Å². The summed E-state index contributed by atoms with van der Waals surface area (Å²) in [5.74, 6) is 0.0581. The van der Waals surface area contributed by atoms with Crippen LogP contribution >= 0.6 is 0 Å². The molecule has 0 radical (unpaired) electrons. The maximum Gasteiger partial charge on any atom is 0.143 e. The molecule has 0 unspecified atom stereocenters. The number of benzene rings is 1. The van der Waals surface area contributed by atoms with Gasteiger partial charge in [-0.25, -0.2) is 0 Å². The Morgan fingerprint density at radius 3 is 2.93 bits per heavy atom. The predicted molar refractivity (Wildman–Crippen MR) is 52.9 cm³/mol. The number of aryl methyl sites for hydroxylation is 1. The lowest BCUT2D eigenvalue weighted by molar-refractivity contribution is 0.480. The molecule has 1 N–H and O–H groups in total. The number of pyridine rings is 1. The van der Waals surface area contributed by atoms with Crippen molar-refractivity contribution in [3.05, 3.63) is 35.5 Å². The van der Waals surface area contributed by atoms with Crippen LogP contribution in [0.15, 0.2) is 24.4 Å². The Labute approximate surface area is 81.2 Å². The summed E-state index contributed by atoms with van der Waals surface area (Å²) in [6.45, 7) is 1.92. The lowest BCUT2D eigenvalue weighted by Gasteiger charge is -2.03. The van der Waals surface area contributed by atoms with Gasteiger partial charge < -0.3 is 5.11 Å². The Bertz CT molecular complexity index is 541. The van der Waals surface area contributed by atoms with Crippen LogP contribution in [0.25, 0.3) is 10.9 Å². The summed E-state index contributed by atoms with van der Waals surface area (Å²) < 4.78 is 0. The lowest BCUT2D eigenvalue weighted by atomic mass is 10.1. The van der Waals surface area contributed by atoms with Crippen LogP contribution in [0.1, 0.15) is 11.1 Å². The Hall–Kier alpha value is -2.08. The number of aromatic nitrogens is 1. The summed E-state index contributed by atoms with van der Waals surface area (Å²) in [5, 5.41) is 19.1. The zero-order valence-electron chi connectivity index (χ0n) is 7.65. The van der Waals surface area contributed by atoms with Crippen molar-refractivity contribution in [2.24, 2.45) is 0 Å². The van der Waals surface area contributed by atoms with Gasteiger partial charge in [-0.15, -0.1) is 0 Å². The van der Waals surface area contributed by atoms with Crippen LogP contribution in [0.5, 0.6) is 5.75 Å². The van der Waals surface area contributed by atoms with E-state index in [-0.39, 0.29) is 5.75 Å². The van der Waals surface area contributed by atoms with E-state index in [9.17, 15) is 5.11 Å². The van der Waals surface area contributed by atoms with Gasteiger partial charge in [-0.1, -0.05) is 0 Å². The van der Waals surface area contributed by atoms with E-state index in [4.69, 9.17) is 5.26 Å². The molecule has 0 aliphatic heterocycles. The summed E-state index contributed by atoms with van der Waals surface area (Å²) in [6.07, 6.45) is 1.64. The predicted octanol–water partition coefficient (Wildman–Crippen LogP) is 2.12. The van der Waals surface area contributed by atoms with E-state index >= 15 is 0 Å². The van der Waals surface area contributed by atoms with Crippen molar-refractivity contribution in [1.29, 1.82) is 5.26 Å². The van der Waals surface area contributed by atoms with Gasteiger partial charge in [0.1, 0.15) is 11.3 Å². The maximum absolute atomic E-state index is 9.59. The summed E-state index contributed by atoms with van der Waals surface area (Å²) in [4.78, 5) is 4.06. The molecule has 0 atom stereocenters. The zero-order valence-corrected chi connectivity index (χ0v) is 7.65. The molecule has 2 rings (SSSR count). The molecule has 14 heavy (non-hydrogen) atoms. The zero-order chi connectivity index (χ0) is 10.1. The van der Waals surface area contributed by atoms with Crippen molar-refractivity contribution in [1.82, 2.24) is 4.98 Å². The minimum atomic E-state index is 0.0581. The maximum atomic E-state index is 9.59. The number of nitrogens with zero attached hydrogens (tertiary/aromatic N) is 2. The molecule has 1 aromatic heterocycles. The first-order valence-corrected chi connectivity index (χ1v) is 4.21. The van der Waals surface area contributed by atoms with E-state index < -0.39 is 0 Å². The average Bonchev–Trinajstić information content (AvgIpc) is 2.19. The van der Waals surface area contributed by atoms with E-state index in [0.29, 0.717) is 11.1 Å². The third-order valence-corrected chi connectivity index (χ3v) is 2.17. The van der Waals surface area contributed by atoms with Gasteiger partial charge in [0.05, 0.1) is 11.6 Å². The molecule has 68 valence electrons. The first-order valence-electron chi connectivity index (χ1n) is 4.21. The van der Waals surface area contributed by atoms with Crippen LogP contribution in [0.3, 0.4) is 0 Å². The van der Waals surface area contributed by atoms with Gasteiger partial charge in [-0.3, -0.25) is 4.98 Å². The third kappa shape index (κ3) is 1.17. The topological polar surface area (TPSA) is 56.9 Å². The lowest BCUT2D eigenvalue weighted by Crippen LogP contribution is -1.85. The number of aromatic hydroxyl groups is 1. The van der Waals surface area contributed by atoms with Crippen molar-refractivity contribution >= 4 is 10.9 Å². The molecule has 3 nitrogen and oxygen atoms in total. The SMILES string of the molecule is Cc1ccnc2c(O)cc(C#N)cc12. The van der Waals surface area contributed by atoms with Crippen LogP contribution in [0, 0.1) is 18.3 Å². The van der Waals surface area contributed by atoms with Gasteiger partial charge in [0.25, 0.3) is 0 Å². The van der Waals surface area contributed by atoms with Crippen molar-refractivity contribution in [2.75, 3.05) is 0 Å². The average molecular weight is 184 g/mol. The van der Waals surface area contributed by atoms with Gasteiger partial charge in [0.2, 0.25) is 0 Å². The van der Waals surface area contributed by atoms with E-state index in [0.717, 1.165) is 10.9 Å². The van der Waals surface area contributed by atoms with Crippen LogP contribution in [-0.4, -0.2) is 10.1 Å². The molecule has 0 bridgehead atoms. The van der Waals surface area contributed by atoms with Crippen molar-refractivity contribution in [2.45, 2.75) is 6.92 Å². The normalized spacial score (nSPS) is 10.0. The number of fused-ring (bicyclic) bond motifs is 1. The number of phenols is 1.